The zero-order chi connectivity index (χ0) is 12.7. The minimum atomic E-state index is -0.296. The summed E-state index contributed by atoms with van der Waals surface area (Å²) in [5.74, 6) is 0.465. The van der Waals surface area contributed by atoms with Gasteiger partial charge in [-0.05, 0) is 45.3 Å². The fourth-order valence-corrected chi connectivity index (χ4v) is 1.26. The molecular weight excluding hydrogens is 254 g/mol. The van der Waals surface area contributed by atoms with Crippen molar-refractivity contribution in [3.05, 3.63) is 29.8 Å². The van der Waals surface area contributed by atoms with Crippen LogP contribution < -0.4 is 17.1 Å². The van der Waals surface area contributed by atoms with Crippen LogP contribution in [0.3, 0.4) is 0 Å². The topological polar surface area (TPSA) is 38.8 Å². The van der Waals surface area contributed by atoms with Gasteiger partial charge in [-0.25, -0.2) is 4.79 Å². The Morgan fingerprint density at radius 2 is 1.83 bits per heavy atom. The van der Waals surface area contributed by atoms with Gasteiger partial charge in [-0.3, -0.25) is 0 Å². The van der Waals surface area contributed by atoms with Crippen LogP contribution in [0.5, 0.6) is 5.75 Å². The van der Waals surface area contributed by atoms with E-state index in [0.29, 0.717) is 18.8 Å². The lowest BCUT2D eigenvalue weighted by atomic mass is 10.2. The van der Waals surface area contributed by atoms with Gasteiger partial charge in [0.1, 0.15) is 12.4 Å². The Hall–Kier alpha value is -1.26. The Labute approximate surface area is 114 Å². The normalized spacial score (nSPS) is 9.78. The van der Waals surface area contributed by atoms with Crippen LogP contribution >= 0.6 is 0 Å². The van der Waals surface area contributed by atoms with Crippen LogP contribution in [0.15, 0.2) is 24.3 Å². The van der Waals surface area contributed by atoms with Crippen molar-refractivity contribution in [2.75, 3.05) is 33.9 Å². The number of likely N-dealkylation sites (N-methyl/N-ethyl adjacent to an activating group) is 1. The molecule has 18 heavy (non-hydrogen) atoms. The fourth-order valence-electron chi connectivity index (χ4n) is 1.26. The van der Waals surface area contributed by atoms with E-state index >= 15 is 0 Å². The van der Waals surface area contributed by atoms with Crippen molar-refractivity contribution in [3.63, 3.8) is 0 Å². The highest BCUT2D eigenvalue weighted by Gasteiger charge is 2.06. The summed E-state index contributed by atoms with van der Waals surface area (Å²) >= 11 is 0. The van der Waals surface area contributed by atoms with E-state index in [1.807, 2.05) is 25.9 Å². The number of carbonyl (C=O) groups excluding carboxylic acids is 1. The van der Waals surface area contributed by atoms with Gasteiger partial charge in [-0.15, -0.1) is 0 Å². The number of nitrogens with zero attached hydrogens (tertiary/aromatic N) is 1. The third-order valence-corrected chi connectivity index (χ3v) is 2.17. The number of benzene rings is 1. The lowest BCUT2D eigenvalue weighted by Gasteiger charge is -2.10. The van der Waals surface area contributed by atoms with Gasteiger partial charge in [0.25, 0.3) is 0 Å². The van der Waals surface area contributed by atoms with Crippen molar-refractivity contribution in [2.45, 2.75) is 6.92 Å². The summed E-state index contributed by atoms with van der Waals surface area (Å²) in [6, 6.07) is 6.96. The van der Waals surface area contributed by atoms with Gasteiger partial charge in [0.15, 0.2) is 0 Å². The Balaban J connectivity index is 0.00000289. The number of rotatable bonds is 6. The molecule has 0 spiro atoms. The van der Waals surface area contributed by atoms with E-state index in [2.05, 4.69) is 0 Å². The summed E-state index contributed by atoms with van der Waals surface area (Å²) in [7, 11) is 3.87. The zero-order valence-electron chi connectivity index (χ0n) is 11.0. The lowest BCUT2D eigenvalue weighted by Crippen LogP contribution is -3.00. The summed E-state index contributed by atoms with van der Waals surface area (Å²) in [5.41, 5.74) is 0.548. The molecule has 0 radical (unpaired) electrons. The van der Waals surface area contributed by atoms with E-state index in [-0.39, 0.29) is 18.4 Å². The van der Waals surface area contributed by atoms with Gasteiger partial charge < -0.3 is 26.8 Å². The second-order valence-electron chi connectivity index (χ2n) is 3.90. The molecule has 0 aliphatic rings. The minimum absolute atomic E-state index is 0. The number of halogens is 1. The zero-order valence-corrected chi connectivity index (χ0v) is 11.7. The predicted molar refractivity (Wildman–Crippen MR) is 66.4 cm³/mol. The summed E-state index contributed by atoms with van der Waals surface area (Å²) in [6.07, 6.45) is 0. The van der Waals surface area contributed by atoms with Gasteiger partial charge in [0, 0.05) is 6.54 Å². The summed E-state index contributed by atoms with van der Waals surface area (Å²) < 4.78 is 10.4. The van der Waals surface area contributed by atoms with Gasteiger partial charge in [0.2, 0.25) is 0 Å². The molecule has 0 aromatic heterocycles. The maximum Gasteiger partial charge on any atom is 0.338 e. The van der Waals surface area contributed by atoms with E-state index in [9.17, 15) is 4.79 Å². The molecule has 0 bridgehead atoms. The summed E-state index contributed by atoms with van der Waals surface area (Å²) in [6.45, 7) is 3.66. The third-order valence-electron chi connectivity index (χ3n) is 2.17. The first-order valence-corrected chi connectivity index (χ1v) is 5.68. The highest BCUT2D eigenvalue weighted by molar-refractivity contribution is 5.89. The third kappa shape index (κ3) is 5.89. The minimum Gasteiger partial charge on any atom is -1.00 e. The van der Waals surface area contributed by atoms with E-state index in [4.69, 9.17) is 9.47 Å². The molecule has 102 valence electrons. The average Bonchev–Trinajstić information content (AvgIpc) is 2.30. The van der Waals surface area contributed by atoms with Crippen molar-refractivity contribution >= 4 is 5.97 Å². The number of esters is 1. The van der Waals surface area contributed by atoms with Crippen molar-refractivity contribution < 1.29 is 26.7 Å². The first-order chi connectivity index (χ1) is 8.13. The maximum absolute atomic E-state index is 11.6. The molecule has 0 saturated heterocycles. The van der Waals surface area contributed by atoms with Crippen LogP contribution in [0.2, 0.25) is 0 Å². The molecule has 0 aliphatic heterocycles. The molecule has 0 atom stereocenters. The van der Waals surface area contributed by atoms with Crippen molar-refractivity contribution in [1.82, 2.24) is 4.90 Å². The summed E-state index contributed by atoms with van der Waals surface area (Å²) in [4.78, 5) is 13.6. The molecule has 5 heteroatoms. The van der Waals surface area contributed by atoms with Crippen LogP contribution in [-0.2, 0) is 4.74 Å². The molecule has 0 saturated carbocycles. The van der Waals surface area contributed by atoms with Crippen LogP contribution in [0.1, 0.15) is 17.3 Å². The Morgan fingerprint density at radius 1 is 1.22 bits per heavy atom. The molecule has 0 unspecified atom stereocenters. The number of ether oxygens (including phenoxy) is 2. The molecule has 0 amide bonds. The van der Waals surface area contributed by atoms with Crippen LogP contribution in [0, 0.1) is 0 Å². The summed E-state index contributed by atoms with van der Waals surface area (Å²) in [5, 5.41) is 0. The smallest absolute Gasteiger partial charge is 0.338 e. The first kappa shape index (κ1) is 16.7. The first-order valence-electron chi connectivity index (χ1n) is 5.68. The van der Waals surface area contributed by atoms with Crippen molar-refractivity contribution in [2.24, 2.45) is 0 Å². The predicted octanol–water partition coefficient (Wildman–Crippen LogP) is -1.19. The van der Waals surface area contributed by atoms with Crippen LogP contribution in [0.25, 0.3) is 0 Å². The Kier molecular flexibility index (Phi) is 8.16. The Morgan fingerprint density at radius 3 is 2.33 bits per heavy atom. The second-order valence-corrected chi connectivity index (χ2v) is 3.90. The number of hydrogen-bond acceptors (Lipinski definition) is 4. The van der Waals surface area contributed by atoms with E-state index in [1.165, 1.54) is 0 Å². The highest BCUT2D eigenvalue weighted by atomic mass is 35.5. The second kappa shape index (κ2) is 8.78. The van der Waals surface area contributed by atoms with Gasteiger partial charge in [-0.2, -0.15) is 0 Å². The van der Waals surface area contributed by atoms with E-state index in [0.717, 1.165) is 12.3 Å². The molecule has 1 rings (SSSR count). The average molecular weight is 273 g/mol. The van der Waals surface area contributed by atoms with Crippen molar-refractivity contribution in [3.8, 4) is 5.75 Å². The highest BCUT2D eigenvalue weighted by Crippen LogP contribution is 2.12. The number of carbonyl (C=O) groups is 1. The van der Waals surface area contributed by atoms with Crippen molar-refractivity contribution in [1.29, 1.82) is 0 Å². The molecule has 0 fully saturated rings. The molecule has 1 aromatic carbocycles. The quantitative estimate of drug-likeness (QED) is 0.611. The van der Waals surface area contributed by atoms with Gasteiger partial charge in [-0.1, -0.05) is 0 Å². The standard InChI is InChI=1S/C13H19NO3.ClH/c1-4-16-12-7-5-11(6-8-12)13(15)17-10-9-14(2)3;/h5-8H,4,9-10H2,1-3H3;1H/p-1. The fraction of sp³-hybridized carbons (Fsp3) is 0.462. The monoisotopic (exact) mass is 272 g/mol. The lowest BCUT2D eigenvalue weighted by molar-refractivity contribution is -0.0000235. The van der Waals surface area contributed by atoms with Gasteiger partial charge in [0.05, 0.1) is 12.2 Å². The SMILES string of the molecule is CCOc1ccc(C(=O)OCCN(C)C)cc1.[Cl-]. The Bertz CT molecular complexity index is 352. The molecule has 0 heterocycles. The number of hydrogen-bond donors (Lipinski definition) is 0. The van der Waals surface area contributed by atoms with Crippen LogP contribution in [0.4, 0.5) is 0 Å². The van der Waals surface area contributed by atoms with E-state index < -0.39 is 0 Å². The van der Waals surface area contributed by atoms with Gasteiger partial charge >= 0.3 is 5.97 Å². The molecule has 4 nitrogen and oxygen atoms in total. The molecule has 0 N–H and O–H groups in total. The van der Waals surface area contributed by atoms with Crippen LogP contribution in [-0.4, -0.2) is 44.7 Å². The largest absolute Gasteiger partial charge is 1.00 e. The molecular formula is C13H19ClNO3-. The van der Waals surface area contributed by atoms with E-state index in [1.54, 1.807) is 24.3 Å². The maximum atomic E-state index is 11.6. The molecule has 0 aliphatic carbocycles. The molecule has 1 aromatic rings.